The van der Waals surface area contributed by atoms with Gasteiger partial charge in [0.15, 0.2) is 6.61 Å². The van der Waals surface area contributed by atoms with Crippen molar-refractivity contribution in [2.45, 2.75) is 37.9 Å². The molecule has 0 fully saturated rings. The Morgan fingerprint density at radius 1 is 1.22 bits per heavy atom. The number of thioether (sulfide) groups is 1. The molecule has 2 aromatic rings. The summed E-state index contributed by atoms with van der Waals surface area (Å²) < 4.78 is 11.0. The fraction of sp³-hybridized carbons (Fsp3) is 0.385. The summed E-state index contributed by atoms with van der Waals surface area (Å²) in [7, 11) is 0. The molecule has 0 aliphatic heterocycles. The third kappa shape index (κ3) is 3.77. The van der Waals surface area contributed by atoms with E-state index in [1.54, 1.807) is 11.8 Å². The van der Waals surface area contributed by atoms with Crippen molar-refractivity contribution in [3.8, 4) is 5.75 Å². The highest BCUT2D eigenvalue weighted by atomic mass is 32.2. The number of aryl methyl sites for hydroxylation is 1. The van der Waals surface area contributed by atoms with Gasteiger partial charge in [0.1, 0.15) is 5.75 Å². The number of rotatable bonds is 5. The quantitative estimate of drug-likeness (QED) is 0.774. The zero-order valence-corrected chi connectivity index (χ0v) is 11.5. The molecular formula is C13H16N2O2S. The second-order valence-electron chi connectivity index (χ2n) is 4.23. The number of hydrogen-bond acceptors (Lipinski definition) is 5. The predicted molar refractivity (Wildman–Crippen MR) is 70.8 cm³/mol. The van der Waals surface area contributed by atoms with Crippen LogP contribution in [0.4, 0.5) is 0 Å². The Morgan fingerprint density at radius 3 is 2.61 bits per heavy atom. The van der Waals surface area contributed by atoms with E-state index < -0.39 is 0 Å². The number of aromatic nitrogens is 2. The first kappa shape index (κ1) is 13.0. The maximum absolute atomic E-state index is 5.56. The van der Waals surface area contributed by atoms with Crippen LogP contribution in [0.15, 0.2) is 33.9 Å². The normalized spacial score (nSPS) is 10.9. The molecule has 0 aliphatic rings. The van der Waals surface area contributed by atoms with Gasteiger partial charge < -0.3 is 9.15 Å². The Labute approximate surface area is 111 Å². The largest absolute Gasteiger partial charge is 0.484 e. The van der Waals surface area contributed by atoms with E-state index in [4.69, 9.17) is 9.15 Å². The van der Waals surface area contributed by atoms with E-state index in [0.717, 1.165) is 5.75 Å². The third-order valence-corrected chi connectivity index (χ3v) is 3.01. The van der Waals surface area contributed by atoms with E-state index in [1.165, 1.54) is 5.56 Å². The average Bonchev–Trinajstić information content (AvgIpc) is 2.75. The fourth-order valence-electron chi connectivity index (χ4n) is 1.33. The summed E-state index contributed by atoms with van der Waals surface area (Å²) in [5.74, 6) is 1.30. The van der Waals surface area contributed by atoms with E-state index in [1.807, 2.05) is 31.2 Å². The van der Waals surface area contributed by atoms with Crippen LogP contribution >= 0.6 is 11.8 Å². The van der Waals surface area contributed by atoms with E-state index in [9.17, 15) is 0 Å². The number of nitrogens with zero attached hydrogens (tertiary/aromatic N) is 2. The lowest BCUT2D eigenvalue weighted by molar-refractivity contribution is 0.252. The van der Waals surface area contributed by atoms with Gasteiger partial charge in [-0.25, -0.2) is 0 Å². The molecule has 0 saturated carbocycles. The summed E-state index contributed by atoms with van der Waals surface area (Å²) in [6.07, 6.45) is 0. The van der Waals surface area contributed by atoms with Crippen LogP contribution in [0.5, 0.6) is 5.75 Å². The summed E-state index contributed by atoms with van der Waals surface area (Å²) in [4.78, 5) is 0. The highest BCUT2D eigenvalue weighted by molar-refractivity contribution is 7.99. The van der Waals surface area contributed by atoms with Gasteiger partial charge in [-0.3, -0.25) is 0 Å². The van der Waals surface area contributed by atoms with E-state index in [0.29, 0.717) is 23.0 Å². The minimum atomic E-state index is 0.300. The van der Waals surface area contributed by atoms with Crippen molar-refractivity contribution in [2.24, 2.45) is 0 Å². The Bertz CT molecular complexity index is 494. The molecule has 1 aromatic heterocycles. The van der Waals surface area contributed by atoms with Gasteiger partial charge in [0, 0.05) is 5.25 Å². The first-order valence-corrected chi connectivity index (χ1v) is 6.70. The van der Waals surface area contributed by atoms with Gasteiger partial charge in [0.25, 0.3) is 11.1 Å². The van der Waals surface area contributed by atoms with Crippen LogP contribution in [0.1, 0.15) is 25.3 Å². The van der Waals surface area contributed by atoms with Crippen LogP contribution in [0.25, 0.3) is 0 Å². The van der Waals surface area contributed by atoms with E-state index in [-0.39, 0.29) is 0 Å². The molecule has 0 spiro atoms. The monoisotopic (exact) mass is 264 g/mol. The Kier molecular flexibility index (Phi) is 4.25. The van der Waals surface area contributed by atoms with Gasteiger partial charge in [-0.2, -0.15) is 0 Å². The maximum atomic E-state index is 5.56. The molecule has 1 heterocycles. The molecular weight excluding hydrogens is 248 g/mol. The number of ether oxygens (including phenoxy) is 1. The molecule has 2 rings (SSSR count). The van der Waals surface area contributed by atoms with Crippen LogP contribution in [0.2, 0.25) is 0 Å². The molecule has 0 unspecified atom stereocenters. The lowest BCUT2D eigenvalue weighted by Gasteiger charge is -2.03. The van der Waals surface area contributed by atoms with Crippen LogP contribution < -0.4 is 4.74 Å². The summed E-state index contributed by atoms with van der Waals surface area (Å²) in [5.41, 5.74) is 1.20. The Balaban J connectivity index is 1.90. The molecule has 18 heavy (non-hydrogen) atoms. The van der Waals surface area contributed by atoms with E-state index in [2.05, 4.69) is 24.0 Å². The lowest BCUT2D eigenvalue weighted by Crippen LogP contribution is -1.95. The van der Waals surface area contributed by atoms with Gasteiger partial charge in [0.2, 0.25) is 0 Å². The first-order valence-electron chi connectivity index (χ1n) is 5.82. The molecule has 0 saturated heterocycles. The minimum absolute atomic E-state index is 0.300. The Morgan fingerprint density at radius 2 is 1.94 bits per heavy atom. The summed E-state index contributed by atoms with van der Waals surface area (Å²) >= 11 is 1.55. The van der Waals surface area contributed by atoms with Crippen LogP contribution in [-0.4, -0.2) is 15.4 Å². The van der Waals surface area contributed by atoms with E-state index >= 15 is 0 Å². The molecule has 4 nitrogen and oxygen atoms in total. The maximum Gasteiger partial charge on any atom is 0.276 e. The first-order chi connectivity index (χ1) is 8.63. The highest BCUT2D eigenvalue weighted by Crippen LogP contribution is 2.21. The summed E-state index contributed by atoms with van der Waals surface area (Å²) in [6.45, 7) is 6.50. The van der Waals surface area contributed by atoms with Crippen molar-refractivity contribution < 1.29 is 9.15 Å². The van der Waals surface area contributed by atoms with Crippen molar-refractivity contribution in [1.29, 1.82) is 0 Å². The predicted octanol–water partition coefficient (Wildman–Crippen LogP) is 3.46. The van der Waals surface area contributed by atoms with Gasteiger partial charge in [-0.05, 0) is 19.1 Å². The molecule has 0 radical (unpaired) electrons. The van der Waals surface area contributed by atoms with Crippen molar-refractivity contribution in [3.63, 3.8) is 0 Å². The number of hydrogen-bond donors (Lipinski definition) is 0. The number of benzene rings is 1. The second-order valence-corrected chi connectivity index (χ2v) is 5.76. The zero-order valence-electron chi connectivity index (χ0n) is 10.7. The molecule has 96 valence electrons. The van der Waals surface area contributed by atoms with Crippen molar-refractivity contribution in [3.05, 3.63) is 35.7 Å². The van der Waals surface area contributed by atoms with Crippen molar-refractivity contribution >= 4 is 11.8 Å². The average molecular weight is 264 g/mol. The molecule has 0 amide bonds. The smallest absolute Gasteiger partial charge is 0.276 e. The van der Waals surface area contributed by atoms with Gasteiger partial charge in [-0.15, -0.1) is 10.2 Å². The van der Waals surface area contributed by atoms with Gasteiger partial charge in [-0.1, -0.05) is 43.3 Å². The molecule has 0 bridgehead atoms. The zero-order chi connectivity index (χ0) is 13.0. The van der Waals surface area contributed by atoms with Crippen LogP contribution in [0, 0.1) is 6.92 Å². The molecule has 1 aromatic carbocycles. The fourth-order valence-corrected chi connectivity index (χ4v) is 1.96. The lowest BCUT2D eigenvalue weighted by atomic mass is 10.2. The van der Waals surface area contributed by atoms with Crippen LogP contribution in [-0.2, 0) is 6.61 Å². The van der Waals surface area contributed by atoms with Gasteiger partial charge >= 0.3 is 0 Å². The third-order valence-electron chi connectivity index (χ3n) is 2.17. The Hall–Kier alpha value is -1.49. The molecule has 0 N–H and O–H groups in total. The summed E-state index contributed by atoms with van der Waals surface area (Å²) in [5, 5.41) is 8.91. The highest BCUT2D eigenvalue weighted by Gasteiger charge is 2.08. The molecule has 0 atom stereocenters. The van der Waals surface area contributed by atoms with Crippen molar-refractivity contribution in [1.82, 2.24) is 10.2 Å². The van der Waals surface area contributed by atoms with Crippen LogP contribution in [0.3, 0.4) is 0 Å². The molecule has 0 aliphatic carbocycles. The standard InChI is InChI=1S/C13H16N2O2S/c1-9(2)18-13-15-14-12(17-13)8-16-11-6-4-10(3)5-7-11/h4-7,9H,8H2,1-3H3. The second kappa shape index (κ2) is 5.91. The van der Waals surface area contributed by atoms with Gasteiger partial charge in [0.05, 0.1) is 0 Å². The SMILES string of the molecule is Cc1ccc(OCc2nnc(SC(C)C)o2)cc1. The topological polar surface area (TPSA) is 48.2 Å². The summed E-state index contributed by atoms with van der Waals surface area (Å²) in [6, 6.07) is 7.86. The molecule has 5 heteroatoms. The minimum Gasteiger partial charge on any atom is -0.484 e. The van der Waals surface area contributed by atoms with Crippen molar-refractivity contribution in [2.75, 3.05) is 0 Å².